The number of hydrogen-bond donors (Lipinski definition) is 3. The van der Waals surface area contributed by atoms with Crippen molar-refractivity contribution in [3.05, 3.63) is 58.6 Å². The second kappa shape index (κ2) is 8.91. The van der Waals surface area contributed by atoms with Gasteiger partial charge < -0.3 is 16.0 Å². The number of hydrogen-bond acceptors (Lipinski definition) is 3. The van der Waals surface area contributed by atoms with Gasteiger partial charge in [-0.2, -0.15) is 0 Å². The molecule has 144 valence electrons. The summed E-state index contributed by atoms with van der Waals surface area (Å²) in [5, 5.41) is 9.49. The molecule has 2 aromatic carbocycles. The number of benzene rings is 2. The quantitative estimate of drug-likeness (QED) is 0.649. The van der Waals surface area contributed by atoms with Crippen LogP contribution in [0.15, 0.2) is 42.5 Å². The van der Waals surface area contributed by atoms with E-state index in [4.69, 9.17) is 11.6 Å². The predicted octanol–water partition coefficient (Wildman–Crippen LogP) is 4.62. The van der Waals surface area contributed by atoms with Gasteiger partial charge in [0.15, 0.2) is 0 Å². The van der Waals surface area contributed by atoms with E-state index in [1.807, 2.05) is 33.8 Å². The summed E-state index contributed by atoms with van der Waals surface area (Å²) >= 11 is 6.06. The lowest BCUT2D eigenvalue weighted by Gasteiger charge is -2.24. The fourth-order valence-corrected chi connectivity index (χ4v) is 2.50. The summed E-state index contributed by atoms with van der Waals surface area (Å²) in [6, 6.07) is 12.4. The van der Waals surface area contributed by atoms with Crippen LogP contribution in [0.25, 0.3) is 0 Å². The number of nitrogens with one attached hydrogen (secondary N) is 3. The Morgan fingerprint density at radius 2 is 1.74 bits per heavy atom. The van der Waals surface area contributed by atoms with Crippen molar-refractivity contribution in [3.63, 3.8) is 0 Å². The van der Waals surface area contributed by atoms with Gasteiger partial charge in [-0.3, -0.25) is 9.59 Å². The van der Waals surface area contributed by atoms with E-state index in [0.717, 1.165) is 17.7 Å². The molecule has 0 saturated carbocycles. The maximum atomic E-state index is 12.3. The van der Waals surface area contributed by atoms with E-state index in [2.05, 4.69) is 16.0 Å². The first-order valence-corrected chi connectivity index (χ1v) is 9.31. The van der Waals surface area contributed by atoms with E-state index < -0.39 is 0 Å². The first-order valence-electron chi connectivity index (χ1n) is 8.93. The second-order valence-corrected chi connectivity index (χ2v) is 7.49. The molecule has 2 amide bonds. The van der Waals surface area contributed by atoms with Gasteiger partial charge in [-0.05, 0) is 69.2 Å². The minimum atomic E-state index is -0.245. The molecular weight excluding hydrogens is 362 g/mol. The van der Waals surface area contributed by atoms with E-state index in [0.29, 0.717) is 16.3 Å². The molecule has 0 heterocycles. The van der Waals surface area contributed by atoms with Gasteiger partial charge in [0.25, 0.3) is 5.91 Å². The molecule has 0 aromatic heterocycles. The van der Waals surface area contributed by atoms with Crippen LogP contribution in [0.1, 0.15) is 43.1 Å². The molecule has 0 aliphatic heterocycles. The van der Waals surface area contributed by atoms with Crippen LogP contribution in [0.3, 0.4) is 0 Å². The molecule has 0 saturated heterocycles. The van der Waals surface area contributed by atoms with Gasteiger partial charge in [0.05, 0.1) is 6.54 Å². The Bertz CT molecular complexity index is 817. The second-order valence-electron chi connectivity index (χ2n) is 7.08. The molecule has 2 aromatic rings. The zero-order chi connectivity index (χ0) is 20.0. The van der Waals surface area contributed by atoms with Gasteiger partial charge in [0.2, 0.25) is 5.91 Å². The summed E-state index contributed by atoms with van der Waals surface area (Å²) in [4.78, 5) is 24.4. The number of halogens is 1. The molecule has 0 radical (unpaired) electrons. The molecule has 0 bridgehead atoms. The van der Waals surface area contributed by atoms with Crippen molar-refractivity contribution in [2.24, 2.45) is 0 Å². The number of rotatable bonds is 7. The Morgan fingerprint density at radius 1 is 1.07 bits per heavy atom. The van der Waals surface area contributed by atoms with Crippen LogP contribution in [-0.2, 0) is 4.79 Å². The third kappa shape index (κ3) is 6.00. The highest BCUT2D eigenvalue weighted by Gasteiger charge is 2.18. The van der Waals surface area contributed by atoms with Gasteiger partial charge in [-0.1, -0.05) is 24.6 Å². The smallest absolute Gasteiger partial charge is 0.251 e. The molecule has 3 N–H and O–H groups in total. The topological polar surface area (TPSA) is 70.2 Å². The van der Waals surface area contributed by atoms with Crippen molar-refractivity contribution in [2.45, 2.75) is 39.7 Å². The summed E-state index contributed by atoms with van der Waals surface area (Å²) in [6.45, 7) is 7.97. The summed E-state index contributed by atoms with van der Waals surface area (Å²) in [5.74, 6) is -0.283. The Hall–Kier alpha value is -2.53. The van der Waals surface area contributed by atoms with Crippen LogP contribution >= 0.6 is 11.6 Å². The SMILES string of the molecule is CCC(C)(C)NC(=O)c1ccc(NCC(=O)Nc2cccc(Cl)c2C)cc1. The maximum Gasteiger partial charge on any atom is 0.251 e. The monoisotopic (exact) mass is 387 g/mol. The van der Waals surface area contributed by atoms with Crippen molar-refractivity contribution >= 4 is 34.8 Å². The molecule has 0 atom stereocenters. The Morgan fingerprint density at radius 3 is 2.37 bits per heavy atom. The van der Waals surface area contributed by atoms with E-state index in [1.165, 1.54) is 0 Å². The molecule has 0 unspecified atom stereocenters. The molecule has 0 fully saturated rings. The molecule has 6 heteroatoms. The van der Waals surface area contributed by atoms with Crippen LogP contribution in [-0.4, -0.2) is 23.9 Å². The first-order chi connectivity index (χ1) is 12.7. The minimum absolute atomic E-state index is 0.109. The lowest BCUT2D eigenvalue weighted by atomic mass is 10.0. The Balaban J connectivity index is 1.90. The van der Waals surface area contributed by atoms with Gasteiger partial charge in [-0.25, -0.2) is 0 Å². The molecule has 0 aliphatic rings. The minimum Gasteiger partial charge on any atom is -0.376 e. The van der Waals surface area contributed by atoms with Gasteiger partial charge >= 0.3 is 0 Å². The molecule has 0 spiro atoms. The zero-order valence-corrected chi connectivity index (χ0v) is 16.9. The van der Waals surface area contributed by atoms with Crippen molar-refractivity contribution in [1.82, 2.24) is 5.32 Å². The molecule has 0 aliphatic carbocycles. The normalized spacial score (nSPS) is 11.0. The van der Waals surface area contributed by atoms with Crippen molar-refractivity contribution in [2.75, 3.05) is 17.2 Å². The van der Waals surface area contributed by atoms with Crippen molar-refractivity contribution < 1.29 is 9.59 Å². The standard InChI is InChI=1S/C21H26ClN3O2/c1-5-21(3,4)25-20(27)15-9-11-16(12-10-15)23-13-19(26)24-18-8-6-7-17(22)14(18)2/h6-12,23H,5,13H2,1-4H3,(H,24,26)(H,25,27). The molecular formula is C21H26ClN3O2. The highest BCUT2D eigenvalue weighted by Crippen LogP contribution is 2.22. The Labute approximate surface area is 165 Å². The lowest BCUT2D eigenvalue weighted by Crippen LogP contribution is -2.42. The summed E-state index contributed by atoms with van der Waals surface area (Å²) in [7, 11) is 0. The average Bonchev–Trinajstić information content (AvgIpc) is 2.64. The number of amides is 2. The fourth-order valence-electron chi connectivity index (χ4n) is 2.33. The number of carbonyl (C=O) groups excluding carboxylic acids is 2. The highest BCUT2D eigenvalue weighted by molar-refractivity contribution is 6.31. The van der Waals surface area contributed by atoms with E-state index in [9.17, 15) is 9.59 Å². The van der Waals surface area contributed by atoms with E-state index >= 15 is 0 Å². The third-order valence-electron chi connectivity index (χ3n) is 4.48. The van der Waals surface area contributed by atoms with Crippen LogP contribution in [0.5, 0.6) is 0 Å². The highest BCUT2D eigenvalue weighted by atomic mass is 35.5. The van der Waals surface area contributed by atoms with Gasteiger partial charge in [-0.15, -0.1) is 0 Å². The fraction of sp³-hybridized carbons (Fsp3) is 0.333. The van der Waals surface area contributed by atoms with E-state index in [-0.39, 0.29) is 23.9 Å². The van der Waals surface area contributed by atoms with E-state index in [1.54, 1.807) is 36.4 Å². The van der Waals surface area contributed by atoms with Crippen LogP contribution < -0.4 is 16.0 Å². The number of anilines is 2. The van der Waals surface area contributed by atoms with Crippen molar-refractivity contribution in [1.29, 1.82) is 0 Å². The van der Waals surface area contributed by atoms with Crippen LogP contribution in [0.2, 0.25) is 5.02 Å². The number of carbonyl (C=O) groups is 2. The average molecular weight is 388 g/mol. The summed E-state index contributed by atoms with van der Waals surface area (Å²) in [6.07, 6.45) is 0.847. The lowest BCUT2D eigenvalue weighted by molar-refractivity contribution is -0.114. The largest absolute Gasteiger partial charge is 0.376 e. The third-order valence-corrected chi connectivity index (χ3v) is 4.89. The van der Waals surface area contributed by atoms with Crippen LogP contribution in [0, 0.1) is 6.92 Å². The maximum absolute atomic E-state index is 12.3. The predicted molar refractivity (Wildman–Crippen MR) is 112 cm³/mol. The summed E-state index contributed by atoms with van der Waals surface area (Å²) in [5.41, 5.74) is 2.63. The van der Waals surface area contributed by atoms with Gasteiger partial charge in [0.1, 0.15) is 0 Å². The Kier molecular flexibility index (Phi) is 6.86. The van der Waals surface area contributed by atoms with Crippen LogP contribution in [0.4, 0.5) is 11.4 Å². The molecule has 5 nitrogen and oxygen atoms in total. The zero-order valence-electron chi connectivity index (χ0n) is 16.2. The first kappa shape index (κ1) is 20.8. The summed E-state index contributed by atoms with van der Waals surface area (Å²) < 4.78 is 0. The molecule has 2 rings (SSSR count). The van der Waals surface area contributed by atoms with Gasteiger partial charge in [0, 0.05) is 27.5 Å². The molecule has 27 heavy (non-hydrogen) atoms. The van der Waals surface area contributed by atoms with Crippen molar-refractivity contribution in [3.8, 4) is 0 Å².